The van der Waals surface area contributed by atoms with Crippen molar-refractivity contribution < 1.29 is 9.53 Å². The van der Waals surface area contributed by atoms with Gasteiger partial charge in [-0.05, 0) is 37.2 Å². The molecule has 0 radical (unpaired) electrons. The molecule has 24 heavy (non-hydrogen) atoms. The molecular weight excluding hydrogens is 324 g/mol. The number of rotatable bonds is 6. The van der Waals surface area contributed by atoms with Gasteiger partial charge in [-0.3, -0.25) is 14.2 Å². The average Bonchev–Trinajstić information content (AvgIpc) is 2.95. The lowest BCUT2D eigenvalue weighted by molar-refractivity contribution is -0.144. The summed E-state index contributed by atoms with van der Waals surface area (Å²) in [4.78, 5) is 31.3. The van der Waals surface area contributed by atoms with E-state index in [9.17, 15) is 9.59 Å². The number of esters is 1. The van der Waals surface area contributed by atoms with Crippen LogP contribution in [-0.2, 0) is 22.5 Å². The fourth-order valence-electron chi connectivity index (χ4n) is 3.35. The van der Waals surface area contributed by atoms with Gasteiger partial charge in [-0.2, -0.15) is 0 Å². The van der Waals surface area contributed by atoms with Crippen LogP contribution in [0.15, 0.2) is 11.1 Å². The number of fused-ring (bicyclic) bond motifs is 3. The van der Waals surface area contributed by atoms with E-state index in [1.807, 2.05) is 0 Å². The number of nitrogens with zero attached hydrogens (tertiary/aromatic N) is 2. The second kappa shape index (κ2) is 7.47. The standard InChI is InChI=1S/C18H24N2O3S/c1-3-4-5-9-23-14(21)10-20-11-19-17-16(18(20)22)15-12(2)7-6-8-13(15)24-17/h11-12H,3-10H2,1-2H3. The van der Waals surface area contributed by atoms with E-state index in [0.29, 0.717) is 17.9 Å². The number of aryl methyl sites for hydroxylation is 1. The zero-order valence-corrected chi connectivity index (χ0v) is 15.2. The van der Waals surface area contributed by atoms with Gasteiger partial charge in [-0.25, -0.2) is 4.98 Å². The van der Waals surface area contributed by atoms with Crippen molar-refractivity contribution in [3.63, 3.8) is 0 Å². The van der Waals surface area contributed by atoms with Gasteiger partial charge in [0.25, 0.3) is 5.56 Å². The molecule has 6 heteroatoms. The van der Waals surface area contributed by atoms with Gasteiger partial charge in [0.15, 0.2) is 0 Å². The minimum Gasteiger partial charge on any atom is -0.464 e. The SMILES string of the molecule is CCCCCOC(=O)Cn1cnc2sc3c(c2c1=O)C(C)CCC3. The van der Waals surface area contributed by atoms with Crippen LogP contribution in [0.2, 0.25) is 0 Å². The maximum atomic E-state index is 12.8. The smallest absolute Gasteiger partial charge is 0.326 e. The molecule has 0 aliphatic heterocycles. The largest absolute Gasteiger partial charge is 0.464 e. The lowest BCUT2D eigenvalue weighted by Crippen LogP contribution is -2.26. The molecule has 0 N–H and O–H groups in total. The number of hydrogen-bond acceptors (Lipinski definition) is 5. The van der Waals surface area contributed by atoms with Crippen molar-refractivity contribution in [1.29, 1.82) is 0 Å². The van der Waals surface area contributed by atoms with Gasteiger partial charge in [0.2, 0.25) is 0 Å². The Kier molecular flexibility index (Phi) is 5.33. The molecule has 2 aromatic rings. The number of aromatic nitrogens is 2. The van der Waals surface area contributed by atoms with Gasteiger partial charge < -0.3 is 4.74 Å². The van der Waals surface area contributed by atoms with Crippen LogP contribution in [0.4, 0.5) is 0 Å². The lowest BCUT2D eigenvalue weighted by atomic mass is 9.88. The summed E-state index contributed by atoms with van der Waals surface area (Å²) in [7, 11) is 0. The summed E-state index contributed by atoms with van der Waals surface area (Å²) in [6.07, 6.45) is 7.76. The third-order valence-corrected chi connectivity index (χ3v) is 5.81. The molecule has 3 rings (SSSR count). The van der Waals surface area contributed by atoms with Gasteiger partial charge in [0, 0.05) is 4.88 Å². The van der Waals surface area contributed by atoms with Crippen molar-refractivity contribution in [2.24, 2.45) is 0 Å². The highest BCUT2D eigenvalue weighted by molar-refractivity contribution is 7.18. The van der Waals surface area contributed by atoms with Crippen LogP contribution in [0.3, 0.4) is 0 Å². The van der Waals surface area contributed by atoms with E-state index in [-0.39, 0.29) is 18.1 Å². The van der Waals surface area contributed by atoms with E-state index in [1.165, 1.54) is 22.2 Å². The summed E-state index contributed by atoms with van der Waals surface area (Å²) < 4.78 is 6.59. The summed E-state index contributed by atoms with van der Waals surface area (Å²) >= 11 is 1.62. The summed E-state index contributed by atoms with van der Waals surface area (Å²) in [6, 6.07) is 0. The number of ether oxygens (including phenoxy) is 1. The minimum atomic E-state index is -0.369. The second-order valence-corrected chi connectivity index (χ2v) is 7.60. The molecule has 130 valence electrons. The van der Waals surface area contributed by atoms with Crippen LogP contribution < -0.4 is 5.56 Å². The van der Waals surface area contributed by atoms with Crippen molar-refractivity contribution in [3.8, 4) is 0 Å². The molecule has 0 amide bonds. The first-order valence-corrected chi connectivity index (χ1v) is 9.59. The van der Waals surface area contributed by atoms with Gasteiger partial charge in [0.05, 0.1) is 18.3 Å². The molecule has 0 spiro atoms. The molecule has 0 fully saturated rings. The maximum Gasteiger partial charge on any atom is 0.326 e. The lowest BCUT2D eigenvalue weighted by Gasteiger charge is -2.18. The third-order valence-electron chi connectivity index (χ3n) is 4.64. The highest BCUT2D eigenvalue weighted by atomic mass is 32.1. The zero-order chi connectivity index (χ0) is 17.1. The zero-order valence-electron chi connectivity index (χ0n) is 14.3. The number of carbonyl (C=O) groups is 1. The first-order chi connectivity index (χ1) is 11.6. The predicted molar refractivity (Wildman–Crippen MR) is 95.7 cm³/mol. The molecular formula is C18H24N2O3S. The monoisotopic (exact) mass is 348 g/mol. The summed E-state index contributed by atoms with van der Waals surface area (Å²) in [5.74, 6) is 0.0142. The molecule has 2 aromatic heterocycles. The molecule has 1 unspecified atom stereocenters. The van der Waals surface area contributed by atoms with E-state index >= 15 is 0 Å². The molecule has 1 aliphatic carbocycles. The van der Waals surface area contributed by atoms with Crippen LogP contribution in [0.25, 0.3) is 10.2 Å². The molecule has 2 heterocycles. The van der Waals surface area contributed by atoms with Crippen LogP contribution in [0.1, 0.15) is 62.3 Å². The van der Waals surface area contributed by atoms with E-state index < -0.39 is 0 Å². The number of carbonyl (C=O) groups excluding carboxylic acids is 1. The van der Waals surface area contributed by atoms with Gasteiger partial charge in [-0.15, -0.1) is 11.3 Å². The van der Waals surface area contributed by atoms with E-state index in [0.717, 1.165) is 42.5 Å². The van der Waals surface area contributed by atoms with Crippen LogP contribution in [0, 0.1) is 0 Å². The van der Waals surface area contributed by atoms with E-state index in [4.69, 9.17) is 4.74 Å². The average molecular weight is 348 g/mol. The quantitative estimate of drug-likeness (QED) is 0.591. The Morgan fingerprint density at radius 1 is 1.46 bits per heavy atom. The molecule has 1 atom stereocenters. The minimum absolute atomic E-state index is 0.0626. The Labute approximate surface area is 145 Å². The predicted octanol–water partition coefficient (Wildman–Crippen LogP) is 3.63. The molecule has 0 bridgehead atoms. The molecule has 0 saturated carbocycles. The van der Waals surface area contributed by atoms with Crippen LogP contribution in [-0.4, -0.2) is 22.1 Å². The topological polar surface area (TPSA) is 61.2 Å². The maximum absolute atomic E-state index is 12.8. The fourth-order valence-corrected chi connectivity index (χ4v) is 4.64. The Balaban J connectivity index is 1.82. The summed E-state index contributed by atoms with van der Waals surface area (Å²) in [6.45, 7) is 4.63. The van der Waals surface area contributed by atoms with Crippen molar-refractivity contribution in [2.45, 2.75) is 64.8 Å². The Bertz CT molecular complexity index is 793. The fraction of sp³-hybridized carbons (Fsp3) is 0.611. The Morgan fingerprint density at radius 2 is 2.29 bits per heavy atom. The van der Waals surface area contributed by atoms with E-state index in [2.05, 4.69) is 18.8 Å². The highest BCUT2D eigenvalue weighted by Gasteiger charge is 2.25. The number of thiophene rings is 1. The first kappa shape index (κ1) is 17.1. The first-order valence-electron chi connectivity index (χ1n) is 8.78. The van der Waals surface area contributed by atoms with Crippen molar-refractivity contribution in [2.75, 3.05) is 6.61 Å². The Morgan fingerprint density at radius 3 is 3.08 bits per heavy atom. The van der Waals surface area contributed by atoms with Crippen LogP contribution >= 0.6 is 11.3 Å². The van der Waals surface area contributed by atoms with Crippen molar-refractivity contribution >= 4 is 27.5 Å². The molecule has 1 aliphatic rings. The normalized spacial score (nSPS) is 17.0. The molecule has 5 nitrogen and oxygen atoms in total. The van der Waals surface area contributed by atoms with Crippen molar-refractivity contribution in [1.82, 2.24) is 9.55 Å². The summed E-state index contributed by atoms with van der Waals surface area (Å²) in [5, 5.41) is 0.712. The molecule has 0 aromatic carbocycles. The highest BCUT2D eigenvalue weighted by Crippen LogP contribution is 2.39. The third kappa shape index (κ3) is 3.38. The Hall–Kier alpha value is -1.69. The van der Waals surface area contributed by atoms with Crippen molar-refractivity contribution in [3.05, 3.63) is 27.1 Å². The van der Waals surface area contributed by atoms with E-state index in [1.54, 1.807) is 11.3 Å². The second-order valence-electron chi connectivity index (χ2n) is 6.52. The van der Waals surface area contributed by atoms with Gasteiger partial charge >= 0.3 is 5.97 Å². The number of hydrogen-bond donors (Lipinski definition) is 0. The number of unbranched alkanes of at least 4 members (excludes halogenated alkanes) is 2. The van der Waals surface area contributed by atoms with Gasteiger partial charge in [-0.1, -0.05) is 26.7 Å². The van der Waals surface area contributed by atoms with Crippen LogP contribution in [0.5, 0.6) is 0 Å². The van der Waals surface area contributed by atoms with Gasteiger partial charge in [0.1, 0.15) is 11.4 Å². The molecule has 0 saturated heterocycles. The summed E-state index contributed by atoms with van der Waals surface area (Å²) in [5.41, 5.74) is 1.04.